The number of benzene rings is 2. The van der Waals surface area contributed by atoms with Gasteiger partial charge in [0, 0.05) is 22.1 Å². The van der Waals surface area contributed by atoms with E-state index < -0.39 is 0 Å². The van der Waals surface area contributed by atoms with Crippen LogP contribution in [0, 0.1) is 5.82 Å². The zero-order valence-electron chi connectivity index (χ0n) is 10.00. The molecule has 2 rings (SSSR count). The Hall–Kier alpha value is -0.910. The predicted molar refractivity (Wildman–Crippen MR) is 80.5 cm³/mol. The molecule has 0 aromatic heterocycles. The summed E-state index contributed by atoms with van der Waals surface area (Å²) in [5.74, 6) is 0.374. The third-order valence-corrected chi connectivity index (χ3v) is 3.77. The first-order valence-electron chi connectivity index (χ1n) is 5.66. The Morgan fingerprint density at radius 2 is 1.84 bits per heavy atom. The van der Waals surface area contributed by atoms with Crippen LogP contribution in [0.15, 0.2) is 45.3 Å². The van der Waals surface area contributed by atoms with E-state index in [1.54, 1.807) is 18.2 Å². The molecule has 0 saturated heterocycles. The molecule has 0 amide bonds. The molecule has 0 radical (unpaired) electrons. The van der Waals surface area contributed by atoms with Crippen molar-refractivity contribution in [3.05, 3.63) is 62.3 Å². The van der Waals surface area contributed by atoms with Crippen molar-refractivity contribution in [2.24, 2.45) is 5.73 Å². The molecule has 0 unspecified atom stereocenters. The Labute approximate surface area is 128 Å². The monoisotopic (exact) mass is 387 g/mol. The maximum absolute atomic E-state index is 14.0. The predicted octanol–water partition coefficient (Wildman–Crippen LogP) is 4.39. The molecule has 5 heteroatoms. The SMILES string of the molecule is NCc1cccc(COc2ccc(Br)cc2Br)c1F. The first kappa shape index (κ1) is 14.5. The summed E-state index contributed by atoms with van der Waals surface area (Å²) in [6, 6.07) is 10.7. The largest absolute Gasteiger partial charge is 0.488 e. The Balaban J connectivity index is 2.14. The average Bonchev–Trinajstić information content (AvgIpc) is 2.39. The molecule has 2 aromatic rings. The molecule has 2 nitrogen and oxygen atoms in total. The van der Waals surface area contributed by atoms with Gasteiger partial charge in [-0.1, -0.05) is 34.1 Å². The van der Waals surface area contributed by atoms with Gasteiger partial charge in [0.15, 0.2) is 0 Å². The van der Waals surface area contributed by atoms with E-state index in [1.165, 1.54) is 0 Å². The highest BCUT2D eigenvalue weighted by atomic mass is 79.9. The second-order valence-electron chi connectivity index (χ2n) is 3.96. The van der Waals surface area contributed by atoms with Crippen molar-refractivity contribution in [3.63, 3.8) is 0 Å². The van der Waals surface area contributed by atoms with Crippen LogP contribution in [0.5, 0.6) is 5.75 Å². The quantitative estimate of drug-likeness (QED) is 0.842. The van der Waals surface area contributed by atoms with Crippen LogP contribution >= 0.6 is 31.9 Å². The lowest BCUT2D eigenvalue weighted by Crippen LogP contribution is -2.05. The number of hydrogen-bond acceptors (Lipinski definition) is 2. The zero-order chi connectivity index (χ0) is 13.8. The van der Waals surface area contributed by atoms with Crippen molar-refractivity contribution in [2.75, 3.05) is 0 Å². The molecule has 0 saturated carbocycles. The Morgan fingerprint density at radius 1 is 1.11 bits per heavy atom. The van der Waals surface area contributed by atoms with Gasteiger partial charge in [0.2, 0.25) is 0 Å². The van der Waals surface area contributed by atoms with Gasteiger partial charge in [-0.2, -0.15) is 0 Å². The lowest BCUT2D eigenvalue weighted by atomic mass is 10.1. The van der Waals surface area contributed by atoms with Gasteiger partial charge in [0.05, 0.1) is 4.47 Å². The average molecular weight is 389 g/mol. The van der Waals surface area contributed by atoms with Gasteiger partial charge in [0.25, 0.3) is 0 Å². The van der Waals surface area contributed by atoms with E-state index in [2.05, 4.69) is 31.9 Å². The first-order chi connectivity index (χ1) is 9.11. The van der Waals surface area contributed by atoms with Crippen molar-refractivity contribution in [2.45, 2.75) is 13.2 Å². The lowest BCUT2D eigenvalue weighted by molar-refractivity contribution is 0.297. The van der Waals surface area contributed by atoms with Gasteiger partial charge in [-0.3, -0.25) is 0 Å². The number of rotatable bonds is 4. The van der Waals surface area contributed by atoms with Crippen LogP contribution in [0.4, 0.5) is 4.39 Å². The minimum absolute atomic E-state index is 0.167. The van der Waals surface area contributed by atoms with E-state index in [9.17, 15) is 4.39 Å². The highest BCUT2D eigenvalue weighted by Gasteiger charge is 2.08. The molecule has 0 aliphatic rings. The summed E-state index contributed by atoms with van der Waals surface area (Å²) < 4.78 is 21.3. The Kier molecular flexibility index (Phi) is 4.96. The number of hydrogen-bond donors (Lipinski definition) is 1. The summed E-state index contributed by atoms with van der Waals surface area (Å²) >= 11 is 6.76. The van der Waals surface area contributed by atoms with E-state index in [0.717, 1.165) is 8.95 Å². The van der Waals surface area contributed by atoms with Gasteiger partial charge in [-0.05, 0) is 34.1 Å². The fourth-order valence-electron chi connectivity index (χ4n) is 1.65. The van der Waals surface area contributed by atoms with E-state index >= 15 is 0 Å². The van der Waals surface area contributed by atoms with Crippen molar-refractivity contribution < 1.29 is 9.13 Å². The number of ether oxygens (including phenoxy) is 1. The van der Waals surface area contributed by atoms with Crippen LogP contribution in [0.25, 0.3) is 0 Å². The van der Waals surface area contributed by atoms with E-state index in [-0.39, 0.29) is 19.0 Å². The minimum Gasteiger partial charge on any atom is -0.488 e. The molecule has 0 fully saturated rings. The molecule has 0 aliphatic heterocycles. The van der Waals surface area contributed by atoms with Crippen molar-refractivity contribution in [1.29, 1.82) is 0 Å². The standard InChI is InChI=1S/C14H12Br2FNO/c15-11-4-5-13(12(16)6-11)19-8-10-3-1-2-9(7-18)14(10)17/h1-6H,7-8,18H2. The highest BCUT2D eigenvalue weighted by Crippen LogP contribution is 2.29. The smallest absolute Gasteiger partial charge is 0.134 e. The Bertz CT molecular complexity index is 590. The van der Waals surface area contributed by atoms with Gasteiger partial charge in [-0.25, -0.2) is 4.39 Å². The van der Waals surface area contributed by atoms with Crippen LogP contribution in [-0.2, 0) is 13.2 Å². The van der Waals surface area contributed by atoms with Crippen LogP contribution in [0.1, 0.15) is 11.1 Å². The molecule has 100 valence electrons. The molecular weight excluding hydrogens is 377 g/mol. The number of nitrogens with two attached hydrogens (primary N) is 1. The summed E-state index contributed by atoms with van der Waals surface area (Å²) in [5.41, 5.74) is 6.47. The van der Waals surface area contributed by atoms with Crippen LogP contribution in [0.3, 0.4) is 0 Å². The van der Waals surface area contributed by atoms with Crippen LogP contribution in [-0.4, -0.2) is 0 Å². The molecule has 2 aromatic carbocycles. The summed E-state index contributed by atoms with van der Waals surface area (Å²) in [6.07, 6.45) is 0. The van der Waals surface area contributed by atoms with Crippen molar-refractivity contribution in [3.8, 4) is 5.75 Å². The Morgan fingerprint density at radius 3 is 2.53 bits per heavy atom. The van der Waals surface area contributed by atoms with Crippen LogP contribution < -0.4 is 10.5 Å². The lowest BCUT2D eigenvalue weighted by Gasteiger charge is -2.10. The van der Waals surface area contributed by atoms with E-state index in [1.807, 2.05) is 18.2 Å². The molecule has 0 spiro atoms. The van der Waals surface area contributed by atoms with Crippen molar-refractivity contribution >= 4 is 31.9 Å². The summed E-state index contributed by atoms with van der Waals surface area (Å²) in [6.45, 7) is 0.349. The maximum Gasteiger partial charge on any atom is 0.134 e. The molecule has 0 heterocycles. The third kappa shape index (κ3) is 3.55. The topological polar surface area (TPSA) is 35.2 Å². The molecular formula is C14H12Br2FNO. The molecule has 0 atom stereocenters. The highest BCUT2D eigenvalue weighted by molar-refractivity contribution is 9.11. The maximum atomic E-state index is 14.0. The van der Waals surface area contributed by atoms with Gasteiger partial charge in [0.1, 0.15) is 18.2 Å². The summed E-state index contributed by atoms with van der Waals surface area (Å²) in [5, 5.41) is 0. The van der Waals surface area contributed by atoms with Gasteiger partial charge < -0.3 is 10.5 Å². The van der Waals surface area contributed by atoms with Crippen molar-refractivity contribution in [1.82, 2.24) is 0 Å². The molecule has 0 aliphatic carbocycles. The molecule has 19 heavy (non-hydrogen) atoms. The van der Waals surface area contributed by atoms with E-state index in [0.29, 0.717) is 16.9 Å². The summed E-state index contributed by atoms with van der Waals surface area (Å²) in [7, 11) is 0. The normalized spacial score (nSPS) is 10.5. The fraction of sp³-hybridized carbons (Fsp3) is 0.143. The zero-order valence-corrected chi connectivity index (χ0v) is 13.2. The second-order valence-corrected chi connectivity index (χ2v) is 5.73. The van der Waals surface area contributed by atoms with Crippen LogP contribution in [0.2, 0.25) is 0 Å². The second kappa shape index (κ2) is 6.50. The first-order valence-corrected chi connectivity index (χ1v) is 7.24. The fourth-order valence-corrected chi connectivity index (χ4v) is 2.81. The van der Waals surface area contributed by atoms with Gasteiger partial charge >= 0.3 is 0 Å². The minimum atomic E-state index is -0.293. The number of halogens is 3. The van der Waals surface area contributed by atoms with Gasteiger partial charge in [-0.15, -0.1) is 0 Å². The third-order valence-electron chi connectivity index (χ3n) is 2.66. The molecule has 2 N–H and O–H groups in total. The van der Waals surface area contributed by atoms with E-state index in [4.69, 9.17) is 10.5 Å². The summed E-state index contributed by atoms with van der Waals surface area (Å²) in [4.78, 5) is 0. The molecule has 0 bridgehead atoms.